The maximum absolute atomic E-state index is 12.5. The summed E-state index contributed by atoms with van der Waals surface area (Å²) in [6, 6.07) is 0. The first-order valence-corrected chi connectivity index (χ1v) is 8.16. The lowest BCUT2D eigenvalue weighted by molar-refractivity contribution is -0.147. The predicted molar refractivity (Wildman–Crippen MR) is 88.0 cm³/mol. The lowest BCUT2D eigenvalue weighted by Crippen LogP contribution is -2.23. The third-order valence-electron chi connectivity index (χ3n) is 4.08. The summed E-state index contributed by atoms with van der Waals surface area (Å²) in [6.07, 6.45) is 6.21. The van der Waals surface area contributed by atoms with Crippen molar-refractivity contribution in [2.75, 3.05) is 13.2 Å². The van der Waals surface area contributed by atoms with Gasteiger partial charge >= 0.3 is 11.9 Å². The lowest BCUT2D eigenvalue weighted by atomic mass is 9.95. The summed E-state index contributed by atoms with van der Waals surface area (Å²) < 4.78 is 10.2. The molecule has 1 atom stereocenters. The number of hydrogen-bond acceptors (Lipinski definition) is 5. The Labute approximate surface area is 141 Å². The second kappa shape index (κ2) is 7.95. The zero-order chi connectivity index (χ0) is 17.7. The fraction of sp³-hybridized carbons (Fsp3) is 0.500. The van der Waals surface area contributed by atoms with E-state index in [-0.39, 0.29) is 36.2 Å². The second-order valence-electron chi connectivity index (χ2n) is 5.86. The van der Waals surface area contributed by atoms with E-state index in [1.807, 2.05) is 12.2 Å². The number of hydrogen-bond donors (Lipinski definition) is 1. The van der Waals surface area contributed by atoms with Crippen LogP contribution in [0.1, 0.15) is 58.3 Å². The molecular weight excluding hydrogens is 310 g/mol. The average molecular weight is 333 g/mol. The normalized spacial score (nSPS) is 16.7. The quantitative estimate of drug-likeness (QED) is 0.491. The van der Waals surface area contributed by atoms with E-state index in [4.69, 9.17) is 9.47 Å². The van der Waals surface area contributed by atoms with E-state index in [0.29, 0.717) is 17.8 Å². The average Bonchev–Trinajstić information content (AvgIpc) is 2.87. The number of carbonyl (C=O) groups excluding carboxylic acids is 3. The summed E-state index contributed by atoms with van der Waals surface area (Å²) in [5, 5.41) is 0. The number of rotatable bonds is 6. The number of Topliss-reactive ketones (excluding diaryl/α,β-unsaturated/α-hetero) is 1. The van der Waals surface area contributed by atoms with E-state index in [1.54, 1.807) is 20.8 Å². The first-order chi connectivity index (χ1) is 11.5. The van der Waals surface area contributed by atoms with Crippen LogP contribution in [-0.2, 0) is 14.3 Å². The third-order valence-corrected chi connectivity index (χ3v) is 4.08. The molecular formula is C18H23NO5. The minimum absolute atomic E-state index is 0.193. The molecule has 1 aromatic heterocycles. The number of nitrogens with one attached hydrogen (secondary N) is 1. The van der Waals surface area contributed by atoms with Crippen LogP contribution < -0.4 is 0 Å². The molecule has 0 saturated carbocycles. The van der Waals surface area contributed by atoms with E-state index < -0.39 is 11.8 Å². The number of ketones is 1. The van der Waals surface area contributed by atoms with Gasteiger partial charge in [-0.2, -0.15) is 0 Å². The topological polar surface area (TPSA) is 85.5 Å². The molecule has 130 valence electrons. The van der Waals surface area contributed by atoms with Crippen LogP contribution >= 0.6 is 0 Å². The molecule has 0 aromatic carbocycles. The fourth-order valence-corrected chi connectivity index (χ4v) is 2.92. The number of H-pyrrole nitrogens is 1. The van der Waals surface area contributed by atoms with Crippen LogP contribution in [0.2, 0.25) is 0 Å². The monoisotopic (exact) mass is 333 g/mol. The number of allylic oxidation sites excluding steroid dienone is 2. The summed E-state index contributed by atoms with van der Waals surface area (Å²) >= 11 is 0. The Bertz CT molecular complexity index is 671. The van der Waals surface area contributed by atoms with Gasteiger partial charge in [0.25, 0.3) is 0 Å². The molecule has 0 amide bonds. The van der Waals surface area contributed by atoms with E-state index in [1.165, 1.54) is 0 Å². The molecule has 0 spiro atoms. The zero-order valence-corrected chi connectivity index (χ0v) is 14.3. The molecule has 0 radical (unpaired) electrons. The highest BCUT2D eigenvalue weighted by atomic mass is 16.5. The van der Waals surface area contributed by atoms with Gasteiger partial charge in [-0.25, -0.2) is 4.79 Å². The van der Waals surface area contributed by atoms with Gasteiger partial charge in [0.1, 0.15) is 0 Å². The summed E-state index contributed by atoms with van der Waals surface area (Å²) in [4.78, 5) is 39.6. The highest BCUT2D eigenvalue weighted by Crippen LogP contribution is 2.22. The van der Waals surface area contributed by atoms with E-state index in [0.717, 1.165) is 12.8 Å². The molecule has 0 aliphatic heterocycles. The summed E-state index contributed by atoms with van der Waals surface area (Å²) in [5.41, 5.74) is 1.59. The number of ether oxygens (including phenoxy) is 2. The van der Waals surface area contributed by atoms with Crippen LogP contribution in [0.25, 0.3) is 0 Å². The number of aromatic amines is 1. The van der Waals surface area contributed by atoms with E-state index in [9.17, 15) is 14.4 Å². The van der Waals surface area contributed by atoms with E-state index in [2.05, 4.69) is 4.98 Å². The van der Waals surface area contributed by atoms with Crippen molar-refractivity contribution in [1.29, 1.82) is 0 Å². The SMILES string of the molecule is CCOC(=O)c1c(C)[nH]c(C)c1C(=O)COC(=O)[C@@H]1CC=CCC1. The van der Waals surface area contributed by atoms with E-state index >= 15 is 0 Å². The maximum Gasteiger partial charge on any atom is 0.340 e. The summed E-state index contributed by atoms with van der Waals surface area (Å²) in [5.74, 6) is -1.51. The Morgan fingerprint density at radius 2 is 1.83 bits per heavy atom. The second-order valence-corrected chi connectivity index (χ2v) is 5.86. The van der Waals surface area contributed by atoms with Gasteiger partial charge in [-0.1, -0.05) is 12.2 Å². The molecule has 1 aromatic rings. The number of carbonyl (C=O) groups is 3. The molecule has 1 aliphatic rings. The van der Waals surface area contributed by atoms with Gasteiger partial charge in [-0.3, -0.25) is 9.59 Å². The van der Waals surface area contributed by atoms with Crippen molar-refractivity contribution in [3.63, 3.8) is 0 Å². The summed E-state index contributed by atoms with van der Waals surface area (Å²) in [7, 11) is 0. The molecule has 6 heteroatoms. The van der Waals surface area contributed by atoms with Crippen molar-refractivity contribution in [3.8, 4) is 0 Å². The fourth-order valence-electron chi connectivity index (χ4n) is 2.92. The van der Waals surface area contributed by atoms with Crippen LogP contribution in [0.3, 0.4) is 0 Å². The van der Waals surface area contributed by atoms with Crippen LogP contribution in [0.5, 0.6) is 0 Å². The number of aromatic nitrogens is 1. The van der Waals surface area contributed by atoms with Crippen molar-refractivity contribution >= 4 is 17.7 Å². The van der Waals surface area contributed by atoms with Gasteiger partial charge in [-0.05, 0) is 40.0 Å². The Morgan fingerprint density at radius 3 is 2.46 bits per heavy atom. The van der Waals surface area contributed by atoms with Crippen molar-refractivity contribution in [2.24, 2.45) is 5.92 Å². The van der Waals surface area contributed by atoms with Gasteiger partial charge in [0.2, 0.25) is 5.78 Å². The number of aryl methyl sites for hydroxylation is 2. The molecule has 6 nitrogen and oxygen atoms in total. The largest absolute Gasteiger partial charge is 0.462 e. The van der Waals surface area contributed by atoms with Crippen molar-refractivity contribution in [1.82, 2.24) is 4.98 Å². The predicted octanol–water partition coefficient (Wildman–Crippen LogP) is 2.89. The molecule has 0 unspecified atom stereocenters. The van der Waals surface area contributed by atoms with Crippen molar-refractivity contribution in [3.05, 3.63) is 34.7 Å². The first-order valence-electron chi connectivity index (χ1n) is 8.16. The van der Waals surface area contributed by atoms with Crippen molar-refractivity contribution < 1.29 is 23.9 Å². The molecule has 0 bridgehead atoms. The molecule has 1 heterocycles. The van der Waals surface area contributed by atoms with Crippen molar-refractivity contribution in [2.45, 2.75) is 40.0 Å². The van der Waals surface area contributed by atoms with Gasteiger partial charge in [0.15, 0.2) is 6.61 Å². The Morgan fingerprint density at radius 1 is 1.12 bits per heavy atom. The molecule has 0 fully saturated rings. The van der Waals surface area contributed by atoms with Crippen LogP contribution in [0, 0.1) is 19.8 Å². The Kier molecular flexibility index (Phi) is 5.95. The Hall–Kier alpha value is -2.37. The minimum atomic E-state index is -0.550. The highest BCUT2D eigenvalue weighted by molar-refractivity contribution is 6.09. The summed E-state index contributed by atoms with van der Waals surface area (Å²) in [6.45, 7) is 4.96. The third kappa shape index (κ3) is 3.93. The van der Waals surface area contributed by atoms with Gasteiger partial charge in [-0.15, -0.1) is 0 Å². The standard InChI is InChI=1S/C18H23NO5/c1-4-23-18(22)16-12(3)19-11(2)15(16)14(20)10-24-17(21)13-8-6-5-7-9-13/h5-6,13,19H,4,7-10H2,1-3H3/t13-/m1/s1. The maximum atomic E-state index is 12.5. The van der Waals surface area contributed by atoms with Crippen LogP contribution in [-0.4, -0.2) is 35.9 Å². The first kappa shape index (κ1) is 18.0. The van der Waals surface area contributed by atoms with Gasteiger partial charge in [0.05, 0.1) is 23.7 Å². The van der Waals surface area contributed by atoms with Crippen LogP contribution in [0.15, 0.2) is 12.2 Å². The molecule has 2 rings (SSSR count). The van der Waals surface area contributed by atoms with Gasteiger partial charge in [0, 0.05) is 11.4 Å². The van der Waals surface area contributed by atoms with Crippen LogP contribution in [0.4, 0.5) is 0 Å². The highest BCUT2D eigenvalue weighted by Gasteiger charge is 2.27. The smallest absolute Gasteiger partial charge is 0.340 e. The minimum Gasteiger partial charge on any atom is -0.462 e. The van der Waals surface area contributed by atoms with Gasteiger partial charge < -0.3 is 14.5 Å². The molecule has 1 N–H and O–H groups in total. The molecule has 24 heavy (non-hydrogen) atoms. The zero-order valence-electron chi connectivity index (χ0n) is 14.3. The number of esters is 2. The molecule has 0 saturated heterocycles. The Balaban J connectivity index is 2.08. The lowest BCUT2D eigenvalue weighted by Gasteiger charge is -2.16. The molecule has 1 aliphatic carbocycles.